The van der Waals surface area contributed by atoms with E-state index in [4.69, 9.17) is 0 Å². The second kappa shape index (κ2) is 6.35. The first-order chi connectivity index (χ1) is 11.0. The molecular weight excluding hydrogens is 310 g/mol. The van der Waals surface area contributed by atoms with Crippen molar-refractivity contribution in [3.05, 3.63) is 42.2 Å². The summed E-state index contributed by atoms with van der Waals surface area (Å²) in [6.45, 7) is 5.40. The highest BCUT2D eigenvalue weighted by molar-refractivity contribution is 7.91. The van der Waals surface area contributed by atoms with Crippen LogP contribution in [0.25, 0.3) is 0 Å². The molecule has 124 valence electrons. The molecule has 1 aromatic heterocycles. The first kappa shape index (κ1) is 16.1. The Bertz CT molecular complexity index is 783. The molecule has 1 fully saturated rings. The number of hydrogen-bond donors (Lipinski definition) is 0. The van der Waals surface area contributed by atoms with Crippen molar-refractivity contribution in [2.45, 2.75) is 37.6 Å². The van der Waals surface area contributed by atoms with Gasteiger partial charge in [-0.05, 0) is 37.5 Å². The van der Waals surface area contributed by atoms with Crippen LogP contribution in [0.3, 0.4) is 0 Å². The molecule has 0 radical (unpaired) electrons. The van der Waals surface area contributed by atoms with Crippen molar-refractivity contribution in [2.75, 3.05) is 23.7 Å². The van der Waals surface area contributed by atoms with Gasteiger partial charge in [0, 0.05) is 19.3 Å². The summed E-state index contributed by atoms with van der Waals surface area (Å²) in [5.74, 6) is 0.125. The lowest BCUT2D eigenvalue weighted by atomic mass is 10.1. The monoisotopic (exact) mass is 333 g/mol. The van der Waals surface area contributed by atoms with Crippen molar-refractivity contribution in [1.29, 1.82) is 0 Å². The van der Waals surface area contributed by atoms with E-state index in [9.17, 15) is 8.42 Å². The predicted octanol–water partition coefficient (Wildman–Crippen LogP) is 2.83. The molecule has 0 saturated carbocycles. The van der Waals surface area contributed by atoms with E-state index in [2.05, 4.69) is 16.2 Å². The second-order valence-corrected chi connectivity index (χ2v) is 8.36. The van der Waals surface area contributed by atoms with Crippen molar-refractivity contribution < 1.29 is 8.42 Å². The quantitative estimate of drug-likeness (QED) is 0.863. The van der Waals surface area contributed by atoms with Gasteiger partial charge in [-0.2, -0.15) is 5.10 Å². The highest BCUT2D eigenvalue weighted by Gasteiger charge is 2.26. The number of sulfone groups is 1. The van der Waals surface area contributed by atoms with Crippen LogP contribution in [-0.4, -0.2) is 37.0 Å². The van der Waals surface area contributed by atoms with Gasteiger partial charge in [0.25, 0.3) is 0 Å². The van der Waals surface area contributed by atoms with Gasteiger partial charge in [0.05, 0.1) is 28.6 Å². The number of nitrogens with zero attached hydrogens (tertiary/aromatic N) is 3. The molecule has 1 aromatic carbocycles. The highest BCUT2D eigenvalue weighted by atomic mass is 32.2. The molecule has 1 atom stereocenters. The molecule has 0 spiro atoms. The fraction of sp³-hybridized carbons (Fsp3) is 0.471. The van der Waals surface area contributed by atoms with Crippen LogP contribution in [-0.2, 0) is 9.84 Å². The van der Waals surface area contributed by atoms with Crippen LogP contribution in [0.2, 0.25) is 0 Å². The Balaban J connectivity index is 1.90. The van der Waals surface area contributed by atoms with E-state index in [-0.39, 0.29) is 11.8 Å². The van der Waals surface area contributed by atoms with Gasteiger partial charge in [-0.3, -0.25) is 4.68 Å². The number of para-hydroxylation sites is 1. The molecule has 23 heavy (non-hydrogen) atoms. The minimum atomic E-state index is -3.22. The number of piperidine rings is 1. The Labute approximate surface area is 137 Å². The fourth-order valence-corrected chi connectivity index (χ4v) is 4.27. The van der Waals surface area contributed by atoms with Crippen LogP contribution in [0.4, 0.5) is 5.69 Å². The summed E-state index contributed by atoms with van der Waals surface area (Å²) < 4.78 is 26.8. The van der Waals surface area contributed by atoms with Crippen LogP contribution < -0.4 is 4.90 Å². The summed E-state index contributed by atoms with van der Waals surface area (Å²) in [5, 5.41) is 4.43. The van der Waals surface area contributed by atoms with Crippen molar-refractivity contribution in [3.8, 4) is 0 Å². The Kier molecular flexibility index (Phi) is 4.43. The highest BCUT2D eigenvalue weighted by Crippen LogP contribution is 2.31. The maximum atomic E-state index is 12.4. The molecule has 0 bridgehead atoms. The lowest BCUT2D eigenvalue weighted by molar-refractivity contribution is 0.375. The van der Waals surface area contributed by atoms with Gasteiger partial charge < -0.3 is 4.90 Å². The average Bonchev–Trinajstić information content (AvgIpc) is 3.01. The second-order valence-electron chi connectivity index (χ2n) is 6.11. The van der Waals surface area contributed by atoms with E-state index in [1.165, 1.54) is 0 Å². The zero-order chi connectivity index (χ0) is 16.4. The first-order valence-electron chi connectivity index (χ1n) is 8.09. The van der Waals surface area contributed by atoms with Gasteiger partial charge in [-0.25, -0.2) is 8.42 Å². The summed E-state index contributed by atoms with van der Waals surface area (Å²) in [5.41, 5.74) is 1.97. The minimum Gasteiger partial charge on any atom is -0.368 e. The lowest BCUT2D eigenvalue weighted by Crippen LogP contribution is -2.37. The fourth-order valence-electron chi connectivity index (χ4n) is 3.16. The van der Waals surface area contributed by atoms with E-state index in [1.807, 2.05) is 29.9 Å². The summed E-state index contributed by atoms with van der Waals surface area (Å²) in [6.07, 6.45) is 6.03. The smallest absolute Gasteiger partial charge is 0.180 e. The van der Waals surface area contributed by atoms with E-state index >= 15 is 0 Å². The van der Waals surface area contributed by atoms with E-state index < -0.39 is 9.84 Å². The van der Waals surface area contributed by atoms with Gasteiger partial charge in [-0.1, -0.05) is 19.1 Å². The third kappa shape index (κ3) is 3.27. The lowest BCUT2D eigenvalue weighted by Gasteiger charge is -2.35. The van der Waals surface area contributed by atoms with Crippen molar-refractivity contribution >= 4 is 15.5 Å². The zero-order valence-electron chi connectivity index (χ0n) is 13.6. The topological polar surface area (TPSA) is 55.2 Å². The Morgan fingerprint density at radius 3 is 2.78 bits per heavy atom. The molecule has 5 nitrogen and oxygen atoms in total. The summed E-state index contributed by atoms with van der Waals surface area (Å²) >= 11 is 0. The molecule has 0 aliphatic carbocycles. The molecule has 0 amide bonds. The summed E-state index contributed by atoms with van der Waals surface area (Å²) in [7, 11) is -3.22. The summed E-state index contributed by atoms with van der Waals surface area (Å²) in [4.78, 5) is 2.63. The van der Waals surface area contributed by atoms with Crippen LogP contribution in [0, 0.1) is 6.92 Å². The molecule has 1 aliphatic heterocycles. The normalized spacial score (nSPS) is 19.0. The third-order valence-electron chi connectivity index (χ3n) is 4.42. The van der Waals surface area contributed by atoms with Crippen LogP contribution in [0.15, 0.2) is 41.6 Å². The largest absolute Gasteiger partial charge is 0.368 e. The first-order valence-corrected chi connectivity index (χ1v) is 9.74. The maximum Gasteiger partial charge on any atom is 0.180 e. The third-order valence-corrected chi connectivity index (χ3v) is 6.20. The maximum absolute atomic E-state index is 12.4. The number of anilines is 1. The molecule has 6 heteroatoms. The molecule has 1 saturated heterocycles. The van der Waals surface area contributed by atoms with Crippen LogP contribution >= 0.6 is 0 Å². The van der Waals surface area contributed by atoms with Crippen LogP contribution in [0.1, 0.15) is 31.4 Å². The molecule has 0 N–H and O–H groups in total. The van der Waals surface area contributed by atoms with E-state index in [0.29, 0.717) is 4.90 Å². The number of aromatic nitrogens is 2. The molecule has 3 rings (SSSR count). The Hall–Kier alpha value is -1.82. The SMILES string of the molecule is CCS(=O)(=O)c1ccccc1N1CCCC(n2cc(C)cn2)C1. The average molecular weight is 333 g/mol. The van der Waals surface area contributed by atoms with Gasteiger partial charge in [-0.15, -0.1) is 0 Å². The van der Waals surface area contributed by atoms with Gasteiger partial charge in [0.15, 0.2) is 9.84 Å². The Morgan fingerprint density at radius 1 is 1.30 bits per heavy atom. The van der Waals surface area contributed by atoms with Gasteiger partial charge >= 0.3 is 0 Å². The molecule has 1 unspecified atom stereocenters. The Morgan fingerprint density at radius 2 is 2.09 bits per heavy atom. The number of aryl methyl sites for hydroxylation is 1. The summed E-state index contributed by atoms with van der Waals surface area (Å²) in [6, 6.07) is 7.63. The predicted molar refractivity (Wildman–Crippen MR) is 91.6 cm³/mol. The number of benzene rings is 1. The van der Waals surface area contributed by atoms with Crippen LogP contribution in [0.5, 0.6) is 0 Å². The van der Waals surface area contributed by atoms with Crippen molar-refractivity contribution in [3.63, 3.8) is 0 Å². The molecule has 2 aromatic rings. The molecule has 1 aliphatic rings. The van der Waals surface area contributed by atoms with E-state index in [0.717, 1.165) is 37.2 Å². The standard InChI is InChI=1S/C17H23N3O2S/c1-3-23(21,22)17-9-5-4-8-16(17)19-10-6-7-15(13-19)20-12-14(2)11-18-20/h4-5,8-9,11-12,15H,3,6-7,10,13H2,1-2H3. The molecule has 2 heterocycles. The molecular formula is C17H23N3O2S. The van der Waals surface area contributed by atoms with Gasteiger partial charge in [0.1, 0.15) is 0 Å². The zero-order valence-corrected chi connectivity index (χ0v) is 14.5. The number of hydrogen-bond acceptors (Lipinski definition) is 4. The van der Waals surface area contributed by atoms with Crippen molar-refractivity contribution in [1.82, 2.24) is 9.78 Å². The van der Waals surface area contributed by atoms with Gasteiger partial charge in [0.2, 0.25) is 0 Å². The minimum absolute atomic E-state index is 0.125. The van der Waals surface area contributed by atoms with E-state index in [1.54, 1.807) is 19.1 Å². The number of rotatable bonds is 4. The van der Waals surface area contributed by atoms with Crippen molar-refractivity contribution in [2.24, 2.45) is 0 Å².